The summed E-state index contributed by atoms with van der Waals surface area (Å²) < 4.78 is 42.4. The van der Waals surface area contributed by atoms with Gasteiger partial charge in [0.05, 0.1) is 12.1 Å². The van der Waals surface area contributed by atoms with Crippen molar-refractivity contribution in [1.29, 1.82) is 0 Å². The normalized spacial score (nSPS) is 11.5. The highest BCUT2D eigenvalue weighted by molar-refractivity contribution is 5.66. The predicted molar refractivity (Wildman–Crippen MR) is 120 cm³/mol. The van der Waals surface area contributed by atoms with Crippen LogP contribution in [0.25, 0.3) is 16.1 Å². The van der Waals surface area contributed by atoms with E-state index in [4.69, 9.17) is 6.57 Å². The molecule has 7 heteroatoms. The summed E-state index contributed by atoms with van der Waals surface area (Å²) >= 11 is 0. The zero-order chi connectivity index (χ0) is 23.3. The second-order valence-electron chi connectivity index (χ2n) is 7.44. The monoisotopic (exact) mass is 439 g/mol. The van der Waals surface area contributed by atoms with Crippen LogP contribution in [0.15, 0.2) is 65.5 Å². The molecule has 1 heterocycles. The highest BCUT2D eigenvalue weighted by Gasteiger charge is 2.36. The molecule has 0 bridgehead atoms. The smallest absolute Gasteiger partial charge is 0.313 e. The van der Waals surface area contributed by atoms with Crippen LogP contribution < -0.4 is 5.56 Å². The summed E-state index contributed by atoms with van der Waals surface area (Å²) in [5.41, 5.74) is -0.714. The van der Waals surface area contributed by atoms with Gasteiger partial charge in [0.2, 0.25) is 0 Å². The SMILES string of the molecule is [C-]#[N+]c1c(C(F)(F)F)cc(-c2cccc(CN(CC)CC)c2)n(Cc2ccccc2)c1=O. The lowest BCUT2D eigenvalue weighted by Crippen LogP contribution is -2.25. The van der Waals surface area contributed by atoms with Crippen molar-refractivity contribution < 1.29 is 13.2 Å². The molecule has 0 atom stereocenters. The summed E-state index contributed by atoms with van der Waals surface area (Å²) in [5, 5.41) is 0. The Bertz CT molecular complexity index is 1170. The minimum absolute atomic E-state index is 0.0654. The summed E-state index contributed by atoms with van der Waals surface area (Å²) in [4.78, 5) is 18.2. The third-order valence-corrected chi connectivity index (χ3v) is 5.40. The molecule has 0 aliphatic rings. The van der Waals surface area contributed by atoms with Crippen molar-refractivity contribution in [2.45, 2.75) is 33.1 Å². The zero-order valence-corrected chi connectivity index (χ0v) is 18.0. The Kier molecular flexibility index (Phi) is 7.16. The van der Waals surface area contributed by atoms with Gasteiger partial charge in [-0.15, -0.1) is 0 Å². The number of halogens is 3. The fourth-order valence-electron chi connectivity index (χ4n) is 3.66. The fourth-order valence-corrected chi connectivity index (χ4v) is 3.66. The van der Waals surface area contributed by atoms with E-state index in [1.807, 2.05) is 32.0 Å². The lowest BCUT2D eigenvalue weighted by molar-refractivity contribution is -0.136. The number of hydrogen-bond donors (Lipinski definition) is 0. The molecule has 0 saturated heterocycles. The molecule has 0 radical (unpaired) electrons. The first kappa shape index (κ1) is 23.3. The number of rotatable bonds is 7. The highest BCUT2D eigenvalue weighted by atomic mass is 19.4. The van der Waals surface area contributed by atoms with E-state index in [0.717, 1.165) is 30.3 Å². The molecule has 3 rings (SSSR count). The van der Waals surface area contributed by atoms with E-state index in [1.54, 1.807) is 36.4 Å². The Morgan fingerprint density at radius 3 is 2.22 bits per heavy atom. The fraction of sp³-hybridized carbons (Fsp3) is 0.280. The van der Waals surface area contributed by atoms with Crippen LogP contribution in [0, 0.1) is 6.57 Å². The van der Waals surface area contributed by atoms with Crippen LogP contribution in [-0.4, -0.2) is 22.6 Å². The van der Waals surface area contributed by atoms with Crippen LogP contribution in [-0.2, 0) is 19.3 Å². The maximum Gasteiger partial charge on any atom is 0.407 e. The van der Waals surface area contributed by atoms with Crippen molar-refractivity contribution in [2.75, 3.05) is 13.1 Å². The number of nitrogens with zero attached hydrogens (tertiary/aromatic N) is 3. The van der Waals surface area contributed by atoms with Gasteiger partial charge in [0.15, 0.2) is 0 Å². The van der Waals surface area contributed by atoms with Crippen molar-refractivity contribution in [3.05, 3.63) is 99.1 Å². The summed E-state index contributed by atoms with van der Waals surface area (Å²) in [6.07, 6.45) is -4.81. The molecule has 0 saturated carbocycles. The number of aromatic nitrogens is 1. The second-order valence-corrected chi connectivity index (χ2v) is 7.44. The largest absolute Gasteiger partial charge is 0.407 e. The van der Waals surface area contributed by atoms with Gasteiger partial charge in [0.1, 0.15) is 0 Å². The zero-order valence-electron chi connectivity index (χ0n) is 18.0. The van der Waals surface area contributed by atoms with Crippen LogP contribution >= 0.6 is 0 Å². The molecular weight excluding hydrogens is 415 g/mol. The number of benzene rings is 2. The molecule has 166 valence electrons. The average molecular weight is 439 g/mol. The predicted octanol–water partition coefficient (Wildman–Crippen LogP) is 5.97. The Hall–Kier alpha value is -3.37. The molecule has 0 N–H and O–H groups in total. The van der Waals surface area contributed by atoms with Crippen molar-refractivity contribution in [2.24, 2.45) is 0 Å². The lowest BCUT2D eigenvalue weighted by atomic mass is 10.0. The number of pyridine rings is 1. The van der Waals surface area contributed by atoms with Crippen molar-refractivity contribution in [3.8, 4) is 11.3 Å². The van der Waals surface area contributed by atoms with Crippen LogP contribution in [0.2, 0.25) is 0 Å². The van der Waals surface area contributed by atoms with E-state index in [1.165, 1.54) is 4.57 Å². The molecule has 4 nitrogen and oxygen atoms in total. The second kappa shape index (κ2) is 9.84. The van der Waals surface area contributed by atoms with Crippen LogP contribution in [0.1, 0.15) is 30.5 Å². The third kappa shape index (κ3) is 5.09. The van der Waals surface area contributed by atoms with E-state index in [2.05, 4.69) is 9.74 Å². The number of alkyl halides is 3. The minimum Gasteiger partial charge on any atom is -0.313 e. The first-order valence-electron chi connectivity index (χ1n) is 10.4. The molecular formula is C25H24F3N3O. The van der Waals surface area contributed by atoms with Crippen molar-refractivity contribution in [1.82, 2.24) is 9.47 Å². The third-order valence-electron chi connectivity index (χ3n) is 5.40. The first-order valence-corrected chi connectivity index (χ1v) is 10.4. The van der Waals surface area contributed by atoms with Crippen molar-refractivity contribution >= 4 is 5.69 Å². The van der Waals surface area contributed by atoms with Crippen molar-refractivity contribution in [3.63, 3.8) is 0 Å². The standard InChI is InChI=1S/C25H24F3N3O/c1-4-30(5-2)16-19-12-9-13-20(14-19)22-15-21(25(26,27)28)23(29-3)24(32)31(22)17-18-10-7-6-8-11-18/h6-15H,4-5,16-17H2,1-2H3. The molecule has 0 aliphatic carbocycles. The van der Waals surface area contributed by atoms with Gasteiger partial charge in [-0.1, -0.05) is 62.4 Å². The molecule has 0 unspecified atom stereocenters. The van der Waals surface area contributed by atoms with E-state index in [-0.39, 0.29) is 12.2 Å². The Morgan fingerprint density at radius 1 is 0.969 bits per heavy atom. The molecule has 0 fully saturated rings. The van der Waals surface area contributed by atoms with Gasteiger partial charge < -0.3 is 4.57 Å². The molecule has 2 aromatic carbocycles. The summed E-state index contributed by atoms with van der Waals surface area (Å²) in [7, 11) is 0. The average Bonchev–Trinajstić information content (AvgIpc) is 2.78. The maximum atomic E-state index is 13.7. The van der Waals surface area contributed by atoms with Gasteiger partial charge in [0.25, 0.3) is 11.2 Å². The van der Waals surface area contributed by atoms with Gasteiger partial charge in [-0.2, -0.15) is 13.2 Å². The summed E-state index contributed by atoms with van der Waals surface area (Å²) in [6, 6.07) is 17.1. The van der Waals surface area contributed by atoms with Gasteiger partial charge in [-0.05, 0) is 41.9 Å². The number of hydrogen-bond acceptors (Lipinski definition) is 2. The lowest BCUT2D eigenvalue weighted by Gasteiger charge is -2.20. The highest BCUT2D eigenvalue weighted by Crippen LogP contribution is 2.37. The molecule has 0 amide bonds. The molecule has 0 spiro atoms. The van der Waals surface area contributed by atoms with E-state index in [9.17, 15) is 18.0 Å². The van der Waals surface area contributed by atoms with Gasteiger partial charge in [-0.3, -0.25) is 9.69 Å². The quantitative estimate of drug-likeness (QED) is 0.424. The summed E-state index contributed by atoms with van der Waals surface area (Å²) in [6.45, 7) is 13.7. The van der Waals surface area contributed by atoms with E-state index < -0.39 is 23.0 Å². The van der Waals surface area contributed by atoms with E-state index >= 15 is 0 Å². The molecule has 1 aromatic heterocycles. The Balaban J connectivity index is 2.22. The van der Waals surface area contributed by atoms with E-state index in [0.29, 0.717) is 12.1 Å². The topological polar surface area (TPSA) is 29.6 Å². The minimum atomic E-state index is -4.81. The molecule has 32 heavy (non-hydrogen) atoms. The van der Waals surface area contributed by atoms with Crippen LogP contribution in [0.3, 0.4) is 0 Å². The van der Waals surface area contributed by atoms with Gasteiger partial charge >= 0.3 is 6.18 Å². The maximum absolute atomic E-state index is 13.7. The first-order chi connectivity index (χ1) is 15.3. The molecule has 0 aliphatic heterocycles. The summed E-state index contributed by atoms with van der Waals surface area (Å²) in [5.74, 6) is 0. The van der Waals surface area contributed by atoms with Gasteiger partial charge in [0, 0.05) is 18.8 Å². The molecule has 3 aromatic rings. The Morgan fingerprint density at radius 2 is 1.62 bits per heavy atom. The Labute approximate surface area is 185 Å². The van der Waals surface area contributed by atoms with Crippen LogP contribution in [0.5, 0.6) is 0 Å². The van der Waals surface area contributed by atoms with Crippen LogP contribution in [0.4, 0.5) is 18.9 Å². The van der Waals surface area contributed by atoms with Gasteiger partial charge in [-0.25, -0.2) is 4.85 Å².